The maximum Gasteiger partial charge on any atom is 0.407 e. The van der Waals surface area contributed by atoms with Crippen molar-refractivity contribution in [1.29, 1.82) is 0 Å². The molecule has 0 bridgehead atoms. The van der Waals surface area contributed by atoms with Gasteiger partial charge in [0, 0.05) is 6.04 Å². The van der Waals surface area contributed by atoms with Gasteiger partial charge in [-0.15, -0.1) is 11.6 Å². The monoisotopic (exact) mass is 299 g/mol. The number of carbonyl (C=O) groups is 2. The molecule has 20 heavy (non-hydrogen) atoms. The molecule has 1 unspecified atom stereocenters. The second-order valence-electron chi connectivity index (χ2n) is 5.97. The quantitative estimate of drug-likeness (QED) is 0.810. The van der Waals surface area contributed by atoms with Crippen LogP contribution < -0.4 is 5.32 Å². The molecule has 0 radical (unpaired) electrons. The summed E-state index contributed by atoms with van der Waals surface area (Å²) in [5.74, 6) is -0.0862. The predicted octanol–water partition coefficient (Wildman–Crippen LogP) is 3.35. The molecule has 0 aromatic rings. The Bertz CT molecular complexity index is 435. The Morgan fingerprint density at radius 2 is 2.15 bits per heavy atom. The lowest BCUT2D eigenvalue weighted by molar-refractivity contribution is -0.113. The van der Waals surface area contributed by atoms with Crippen LogP contribution in [0.3, 0.4) is 0 Å². The van der Waals surface area contributed by atoms with Gasteiger partial charge in [0.05, 0.1) is 0 Å². The third-order valence-electron chi connectivity index (χ3n) is 2.71. The van der Waals surface area contributed by atoms with E-state index in [4.69, 9.17) is 16.3 Å². The van der Waals surface area contributed by atoms with E-state index in [0.29, 0.717) is 6.42 Å². The molecule has 1 aliphatic rings. The van der Waals surface area contributed by atoms with Gasteiger partial charge in [0.25, 0.3) is 0 Å². The van der Waals surface area contributed by atoms with Crippen LogP contribution in [-0.2, 0) is 9.53 Å². The third-order valence-corrected chi connectivity index (χ3v) is 3.07. The summed E-state index contributed by atoms with van der Waals surface area (Å²) in [5, 5.41) is 2.23. The maximum atomic E-state index is 11.6. The molecule has 0 heterocycles. The Balaban J connectivity index is 2.36. The number of hydrogen-bond donors (Lipinski definition) is 1. The van der Waals surface area contributed by atoms with Gasteiger partial charge in [0.15, 0.2) is 5.78 Å². The Morgan fingerprint density at radius 3 is 2.70 bits per heavy atom. The summed E-state index contributed by atoms with van der Waals surface area (Å²) < 4.78 is 5.18. The molecule has 0 aliphatic heterocycles. The van der Waals surface area contributed by atoms with Gasteiger partial charge in [0.1, 0.15) is 11.0 Å². The highest BCUT2D eigenvalue weighted by Crippen LogP contribution is 2.17. The zero-order chi connectivity index (χ0) is 15.3. The van der Waals surface area contributed by atoms with Gasteiger partial charge in [-0.3, -0.25) is 4.79 Å². The molecule has 0 spiro atoms. The van der Waals surface area contributed by atoms with E-state index in [1.165, 1.54) is 0 Å². The molecule has 0 aromatic carbocycles. The summed E-state index contributed by atoms with van der Waals surface area (Å²) in [4.78, 5) is 23.0. The molecule has 1 aliphatic carbocycles. The van der Waals surface area contributed by atoms with E-state index in [1.54, 1.807) is 12.2 Å². The summed E-state index contributed by atoms with van der Waals surface area (Å²) >= 11 is 5.77. The zero-order valence-corrected chi connectivity index (χ0v) is 13.2. The summed E-state index contributed by atoms with van der Waals surface area (Å²) in [6.45, 7) is 7.37. The van der Waals surface area contributed by atoms with Crippen molar-refractivity contribution < 1.29 is 14.3 Å². The molecule has 1 amide bonds. The molecule has 2 atom stereocenters. The first-order chi connectivity index (χ1) is 9.17. The van der Waals surface area contributed by atoms with Crippen LogP contribution in [0.4, 0.5) is 4.79 Å². The molecule has 0 aromatic heterocycles. The lowest BCUT2D eigenvalue weighted by Crippen LogP contribution is -2.37. The first-order valence-corrected chi connectivity index (χ1v) is 7.17. The number of amides is 1. The number of hydrogen-bond acceptors (Lipinski definition) is 3. The number of halogens is 1. The van der Waals surface area contributed by atoms with Crippen molar-refractivity contribution >= 4 is 23.5 Å². The number of allylic oxidation sites excluding steroid dienone is 4. The van der Waals surface area contributed by atoms with Crippen LogP contribution in [0.25, 0.3) is 0 Å². The molecule has 1 N–H and O–H groups in total. The van der Waals surface area contributed by atoms with Gasteiger partial charge in [-0.05, 0) is 52.2 Å². The van der Waals surface area contributed by atoms with Gasteiger partial charge in [-0.1, -0.05) is 12.2 Å². The van der Waals surface area contributed by atoms with Gasteiger partial charge in [-0.25, -0.2) is 4.79 Å². The van der Waals surface area contributed by atoms with Crippen molar-refractivity contribution in [3.63, 3.8) is 0 Å². The zero-order valence-electron chi connectivity index (χ0n) is 12.4. The SMILES string of the molecule is CC(CCC1=CC(=O)[C@@H](Cl)C=C1)NC(=O)OC(C)(C)C. The number of nitrogens with one attached hydrogen (secondary N) is 1. The molecule has 0 saturated carbocycles. The maximum absolute atomic E-state index is 11.6. The molecule has 112 valence electrons. The molecule has 0 saturated heterocycles. The van der Waals surface area contributed by atoms with Crippen LogP contribution in [0.15, 0.2) is 23.8 Å². The normalized spacial score (nSPS) is 20.4. The number of alkyl carbamates (subject to hydrolysis) is 1. The van der Waals surface area contributed by atoms with E-state index in [0.717, 1.165) is 12.0 Å². The van der Waals surface area contributed by atoms with Crippen LogP contribution >= 0.6 is 11.6 Å². The number of ether oxygens (including phenoxy) is 1. The van der Waals surface area contributed by atoms with Gasteiger partial charge < -0.3 is 10.1 Å². The second-order valence-corrected chi connectivity index (χ2v) is 6.44. The van der Waals surface area contributed by atoms with Crippen molar-refractivity contribution in [3.05, 3.63) is 23.8 Å². The molecular formula is C15H22ClNO3. The van der Waals surface area contributed by atoms with Crippen molar-refractivity contribution in [2.45, 2.75) is 57.6 Å². The lowest BCUT2D eigenvalue weighted by atomic mass is 10.00. The average Bonchev–Trinajstić information content (AvgIpc) is 2.28. The summed E-state index contributed by atoms with van der Waals surface area (Å²) in [7, 11) is 0. The highest BCUT2D eigenvalue weighted by molar-refractivity contribution is 6.34. The van der Waals surface area contributed by atoms with E-state index >= 15 is 0 Å². The van der Waals surface area contributed by atoms with Gasteiger partial charge in [-0.2, -0.15) is 0 Å². The van der Waals surface area contributed by atoms with Crippen LogP contribution in [0, 0.1) is 0 Å². The largest absolute Gasteiger partial charge is 0.444 e. The highest BCUT2D eigenvalue weighted by atomic mass is 35.5. The van der Waals surface area contributed by atoms with Crippen LogP contribution in [0.1, 0.15) is 40.5 Å². The van der Waals surface area contributed by atoms with Crippen molar-refractivity contribution in [2.24, 2.45) is 0 Å². The molecule has 5 heteroatoms. The third kappa shape index (κ3) is 6.24. The Morgan fingerprint density at radius 1 is 1.50 bits per heavy atom. The minimum Gasteiger partial charge on any atom is -0.444 e. The summed E-state index contributed by atoms with van der Waals surface area (Å²) in [6, 6.07) is -0.0250. The minimum absolute atomic E-state index is 0.0250. The lowest BCUT2D eigenvalue weighted by Gasteiger charge is -2.22. The summed E-state index contributed by atoms with van der Waals surface area (Å²) in [5.41, 5.74) is 0.435. The molecule has 0 fully saturated rings. The minimum atomic E-state index is -0.545. The Labute approximate surface area is 125 Å². The van der Waals surface area contributed by atoms with E-state index in [9.17, 15) is 9.59 Å². The topological polar surface area (TPSA) is 55.4 Å². The summed E-state index contributed by atoms with van der Waals surface area (Å²) in [6.07, 6.45) is 6.14. The fourth-order valence-electron chi connectivity index (χ4n) is 1.73. The van der Waals surface area contributed by atoms with E-state index < -0.39 is 17.1 Å². The molecule has 1 rings (SSSR count). The number of carbonyl (C=O) groups excluding carboxylic acids is 2. The van der Waals surface area contributed by atoms with Gasteiger partial charge in [0.2, 0.25) is 0 Å². The second kappa shape index (κ2) is 6.93. The predicted molar refractivity (Wildman–Crippen MR) is 79.9 cm³/mol. The number of alkyl halides is 1. The van der Waals surface area contributed by atoms with Gasteiger partial charge >= 0.3 is 6.09 Å². The van der Waals surface area contributed by atoms with Crippen LogP contribution in [-0.4, -0.2) is 28.9 Å². The molecular weight excluding hydrogens is 278 g/mol. The fraction of sp³-hybridized carbons (Fsp3) is 0.600. The van der Waals surface area contributed by atoms with Crippen molar-refractivity contribution in [2.75, 3.05) is 0 Å². The standard InChI is InChI=1S/C15H22ClNO3/c1-10(17-14(19)20-15(2,3)4)5-6-11-7-8-12(16)13(18)9-11/h7-10,12H,5-6H2,1-4H3,(H,17,19)/t10?,12-/m0/s1. The highest BCUT2D eigenvalue weighted by Gasteiger charge is 2.18. The smallest absolute Gasteiger partial charge is 0.407 e. The first kappa shape index (κ1) is 16.8. The Kier molecular flexibility index (Phi) is 5.81. The first-order valence-electron chi connectivity index (χ1n) is 6.73. The van der Waals surface area contributed by atoms with Crippen LogP contribution in [0.2, 0.25) is 0 Å². The Hall–Kier alpha value is -1.29. The molecule has 4 nitrogen and oxygen atoms in total. The number of ketones is 1. The van der Waals surface area contributed by atoms with E-state index in [1.807, 2.05) is 33.8 Å². The average molecular weight is 300 g/mol. The number of rotatable bonds is 4. The van der Waals surface area contributed by atoms with Crippen molar-refractivity contribution in [1.82, 2.24) is 5.32 Å². The van der Waals surface area contributed by atoms with E-state index in [2.05, 4.69) is 5.32 Å². The van der Waals surface area contributed by atoms with Crippen LogP contribution in [0.5, 0.6) is 0 Å². The van der Waals surface area contributed by atoms with E-state index in [-0.39, 0.29) is 11.8 Å². The fourth-order valence-corrected chi connectivity index (χ4v) is 1.87. The van der Waals surface area contributed by atoms with Crippen molar-refractivity contribution in [3.8, 4) is 0 Å².